The second-order valence-corrected chi connectivity index (χ2v) is 4.48. The molecule has 0 radical (unpaired) electrons. The fourth-order valence-electron chi connectivity index (χ4n) is 1.79. The van der Waals surface area contributed by atoms with Gasteiger partial charge in [0.25, 0.3) is 0 Å². The number of anilines is 1. The largest absolute Gasteiger partial charge is 0.469 e. The first-order valence-electron chi connectivity index (χ1n) is 6.69. The molecule has 1 aromatic carbocycles. The number of benzene rings is 1. The fraction of sp³-hybridized carbons (Fsp3) is 0.467. The number of methoxy groups -OCH3 is 1. The van der Waals surface area contributed by atoms with Crippen molar-refractivity contribution in [3.8, 4) is 0 Å². The van der Waals surface area contributed by atoms with E-state index in [-0.39, 0.29) is 11.9 Å². The van der Waals surface area contributed by atoms with Gasteiger partial charge in [-0.05, 0) is 18.7 Å². The molecule has 20 heavy (non-hydrogen) atoms. The van der Waals surface area contributed by atoms with Gasteiger partial charge in [-0.1, -0.05) is 25.1 Å². The van der Waals surface area contributed by atoms with Crippen LogP contribution < -0.4 is 4.90 Å². The summed E-state index contributed by atoms with van der Waals surface area (Å²) in [7, 11) is 3.12. The maximum atomic E-state index is 12.2. The monoisotopic (exact) mass is 278 g/mol. The van der Waals surface area contributed by atoms with Crippen molar-refractivity contribution in [2.45, 2.75) is 13.3 Å². The van der Waals surface area contributed by atoms with E-state index in [0.29, 0.717) is 26.1 Å². The quantitative estimate of drug-likeness (QED) is 0.710. The second kappa shape index (κ2) is 8.32. The molecule has 0 aromatic heterocycles. The minimum Gasteiger partial charge on any atom is -0.469 e. The lowest BCUT2D eigenvalue weighted by atomic mass is 10.3. The van der Waals surface area contributed by atoms with Crippen LogP contribution in [0, 0.1) is 0 Å². The van der Waals surface area contributed by atoms with Gasteiger partial charge in [-0.25, -0.2) is 0 Å². The molecule has 0 atom stereocenters. The van der Waals surface area contributed by atoms with E-state index in [1.54, 1.807) is 11.9 Å². The number of para-hydroxylation sites is 1. The van der Waals surface area contributed by atoms with Crippen molar-refractivity contribution in [2.75, 3.05) is 38.7 Å². The van der Waals surface area contributed by atoms with Gasteiger partial charge in [-0.3, -0.25) is 14.5 Å². The van der Waals surface area contributed by atoms with Crippen LogP contribution in [0.1, 0.15) is 13.3 Å². The average Bonchev–Trinajstić information content (AvgIpc) is 2.50. The van der Waals surface area contributed by atoms with Crippen molar-refractivity contribution < 1.29 is 14.3 Å². The number of esters is 1. The Balaban J connectivity index is 2.52. The summed E-state index contributed by atoms with van der Waals surface area (Å²) in [4.78, 5) is 26.9. The van der Waals surface area contributed by atoms with E-state index in [1.165, 1.54) is 7.11 Å². The number of amides is 1. The van der Waals surface area contributed by atoms with Crippen molar-refractivity contribution in [3.05, 3.63) is 30.3 Å². The highest BCUT2D eigenvalue weighted by Gasteiger charge is 2.15. The van der Waals surface area contributed by atoms with Crippen LogP contribution in [0.15, 0.2) is 30.3 Å². The first-order chi connectivity index (χ1) is 9.58. The molecule has 5 nitrogen and oxygen atoms in total. The summed E-state index contributed by atoms with van der Waals surface area (Å²) in [6.07, 6.45) is 0.298. The zero-order valence-electron chi connectivity index (χ0n) is 12.3. The Morgan fingerprint density at radius 2 is 1.85 bits per heavy atom. The number of hydrogen-bond acceptors (Lipinski definition) is 4. The molecular formula is C15H22N2O3. The van der Waals surface area contributed by atoms with Crippen molar-refractivity contribution in [1.82, 2.24) is 4.90 Å². The maximum absolute atomic E-state index is 12.2. The summed E-state index contributed by atoms with van der Waals surface area (Å²) in [6.45, 7) is 3.49. The van der Waals surface area contributed by atoms with E-state index in [1.807, 2.05) is 42.2 Å². The summed E-state index contributed by atoms with van der Waals surface area (Å²) in [6, 6.07) is 9.49. The van der Waals surface area contributed by atoms with Crippen LogP contribution in [0.5, 0.6) is 0 Å². The molecule has 0 unspecified atom stereocenters. The number of likely N-dealkylation sites (N-methyl/N-ethyl adjacent to an activating group) is 2. The topological polar surface area (TPSA) is 49.9 Å². The molecule has 110 valence electrons. The molecule has 0 saturated heterocycles. The summed E-state index contributed by atoms with van der Waals surface area (Å²) >= 11 is 0. The smallest absolute Gasteiger partial charge is 0.306 e. The Labute approximate surface area is 120 Å². The third-order valence-corrected chi connectivity index (χ3v) is 3.18. The Hall–Kier alpha value is -1.88. The third kappa shape index (κ3) is 5.01. The molecule has 0 aliphatic carbocycles. The molecule has 0 fully saturated rings. The summed E-state index contributed by atoms with van der Waals surface area (Å²) in [5, 5.41) is 0. The molecule has 1 rings (SSSR count). The lowest BCUT2D eigenvalue weighted by molar-refractivity contribution is -0.141. The minimum atomic E-state index is -0.257. The van der Waals surface area contributed by atoms with Crippen LogP contribution >= 0.6 is 0 Å². The Morgan fingerprint density at radius 3 is 2.40 bits per heavy atom. The van der Waals surface area contributed by atoms with Gasteiger partial charge in [0, 0.05) is 19.3 Å². The van der Waals surface area contributed by atoms with E-state index in [0.717, 1.165) is 5.69 Å². The third-order valence-electron chi connectivity index (χ3n) is 3.18. The Morgan fingerprint density at radius 1 is 1.20 bits per heavy atom. The van der Waals surface area contributed by atoms with Crippen LogP contribution in [-0.4, -0.2) is 50.6 Å². The normalized spacial score (nSPS) is 10.4. The second-order valence-electron chi connectivity index (χ2n) is 4.48. The van der Waals surface area contributed by atoms with Crippen LogP contribution in [-0.2, 0) is 14.3 Å². The van der Waals surface area contributed by atoms with E-state index < -0.39 is 0 Å². The predicted octanol–water partition coefficient (Wildman–Crippen LogP) is 1.53. The molecule has 0 N–H and O–H groups in total. The highest BCUT2D eigenvalue weighted by molar-refractivity contribution is 5.94. The van der Waals surface area contributed by atoms with Crippen molar-refractivity contribution >= 4 is 17.6 Å². The Bertz CT molecular complexity index is 434. The fourth-order valence-corrected chi connectivity index (χ4v) is 1.79. The summed E-state index contributed by atoms with van der Waals surface area (Å²) in [5.74, 6) is -0.254. The first-order valence-corrected chi connectivity index (χ1v) is 6.69. The SMILES string of the molecule is CCN(CCC(=O)OC)CC(=O)N(C)c1ccccc1. The summed E-state index contributed by atoms with van der Waals surface area (Å²) < 4.78 is 4.61. The lowest BCUT2D eigenvalue weighted by Crippen LogP contribution is -2.39. The summed E-state index contributed by atoms with van der Waals surface area (Å²) in [5.41, 5.74) is 0.863. The van der Waals surface area contributed by atoms with Crippen molar-refractivity contribution in [2.24, 2.45) is 0 Å². The molecule has 0 heterocycles. The zero-order valence-corrected chi connectivity index (χ0v) is 12.3. The highest BCUT2D eigenvalue weighted by atomic mass is 16.5. The molecule has 0 aliphatic heterocycles. The number of carbonyl (C=O) groups is 2. The molecule has 0 aliphatic rings. The van der Waals surface area contributed by atoms with Crippen LogP contribution in [0.25, 0.3) is 0 Å². The van der Waals surface area contributed by atoms with Gasteiger partial charge in [0.05, 0.1) is 20.1 Å². The molecular weight excluding hydrogens is 256 g/mol. The number of ether oxygens (including phenoxy) is 1. The van der Waals surface area contributed by atoms with Crippen LogP contribution in [0.4, 0.5) is 5.69 Å². The molecule has 0 bridgehead atoms. The van der Waals surface area contributed by atoms with E-state index in [2.05, 4.69) is 4.74 Å². The number of carbonyl (C=O) groups excluding carboxylic acids is 2. The molecule has 0 spiro atoms. The van der Waals surface area contributed by atoms with Crippen molar-refractivity contribution in [1.29, 1.82) is 0 Å². The number of rotatable bonds is 7. The standard InChI is InChI=1S/C15H22N2O3/c1-4-17(11-10-15(19)20-3)12-14(18)16(2)13-8-6-5-7-9-13/h5-9H,4,10-12H2,1-3H3. The van der Waals surface area contributed by atoms with Crippen LogP contribution in [0.2, 0.25) is 0 Å². The van der Waals surface area contributed by atoms with Crippen molar-refractivity contribution in [3.63, 3.8) is 0 Å². The molecule has 5 heteroatoms. The predicted molar refractivity (Wildman–Crippen MR) is 78.6 cm³/mol. The molecule has 1 aromatic rings. The zero-order chi connectivity index (χ0) is 15.0. The highest BCUT2D eigenvalue weighted by Crippen LogP contribution is 2.11. The van der Waals surface area contributed by atoms with Gasteiger partial charge in [0.1, 0.15) is 0 Å². The van der Waals surface area contributed by atoms with Gasteiger partial charge in [-0.2, -0.15) is 0 Å². The number of hydrogen-bond donors (Lipinski definition) is 0. The van der Waals surface area contributed by atoms with Gasteiger partial charge in [0.15, 0.2) is 0 Å². The average molecular weight is 278 g/mol. The van der Waals surface area contributed by atoms with Gasteiger partial charge < -0.3 is 9.64 Å². The molecule has 0 saturated carbocycles. The van der Waals surface area contributed by atoms with E-state index in [9.17, 15) is 9.59 Å². The van der Waals surface area contributed by atoms with Gasteiger partial charge in [0.2, 0.25) is 5.91 Å². The number of nitrogens with zero attached hydrogens (tertiary/aromatic N) is 2. The van der Waals surface area contributed by atoms with Crippen LogP contribution in [0.3, 0.4) is 0 Å². The first kappa shape index (κ1) is 16.2. The Kier molecular flexibility index (Phi) is 6.73. The van der Waals surface area contributed by atoms with E-state index in [4.69, 9.17) is 0 Å². The van der Waals surface area contributed by atoms with E-state index >= 15 is 0 Å². The minimum absolute atomic E-state index is 0.00270. The maximum Gasteiger partial charge on any atom is 0.306 e. The van der Waals surface area contributed by atoms with Gasteiger partial charge in [-0.15, -0.1) is 0 Å². The molecule has 1 amide bonds. The lowest BCUT2D eigenvalue weighted by Gasteiger charge is -2.23. The van der Waals surface area contributed by atoms with Gasteiger partial charge >= 0.3 is 5.97 Å².